The minimum Gasteiger partial charge on any atom is -0.480 e. The molecule has 18 heavy (non-hydrogen) atoms. The van der Waals surface area contributed by atoms with E-state index in [1.54, 1.807) is 18.2 Å². The van der Waals surface area contributed by atoms with Gasteiger partial charge in [0.15, 0.2) is 0 Å². The van der Waals surface area contributed by atoms with E-state index in [1.807, 2.05) is 6.92 Å². The van der Waals surface area contributed by atoms with Gasteiger partial charge in [0.05, 0.1) is 0 Å². The first-order chi connectivity index (χ1) is 8.17. The predicted molar refractivity (Wildman–Crippen MR) is 70.0 cm³/mol. The minimum atomic E-state index is -1.27. The molecule has 1 rings (SSSR count). The lowest BCUT2D eigenvalue weighted by atomic mass is 10.0. The first-order valence-electron chi connectivity index (χ1n) is 5.45. The molecule has 4 nitrogen and oxygen atoms in total. The lowest BCUT2D eigenvalue weighted by molar-refractivity contribution is -0.147. The quantitative estimate of drug-likeness (QED) is 0.918. The molecule has 0 aliphatic heterocycles. The molecule has 0 unspecified atom stereocenters. The number of nitrogens with zero attached hydrogens (tertiary/aromatic N) is 1. The van der Waals surface area contributed by atoms with Crippen LogP contribution in [0.3, 0.4) is 0 Å². The third-order valence-electron chi connectivity index (χ3n) is 3.09. The number of carboxylic acid groups (broad SMARTS) is 1. The van der Waals surface area contributed by atoms with Crippen molar-refractivity contribution in [3.05, 3.63) is 34.3 Å². The van der Waals surface area contributed by atoms with Gasteiger partial charge in [-0.1, -0.05) is 17.7 Å². The maximum atomic E-state index is 12.2. The maximum absolute atomic E-state index is 12.2. The topological polar surface area (TPSA) is 57.6 Å². The number of aliphatic carboxylic acids is 1. The van der Waals surface area contributed by atoms with Crippen LogP contribution < -0.4 is 0 Å². The molecule has 1 aromatic carbocycles. The van der Waals surface area contributed by atoms with Crippen LogP contribution >= 0.6 is 11.6 Å². The van der Waals surface area contributed by atoms with E-state index >= 15 is 0 Å². The Morgan fingerprint density at radius 3 is 2.33 bits per heavy atom. The van der Waals surface area contributed by atoms with Gasteiger partial charge in [-0.2, -0.15) is 0 Å². The van der Waals surface area contributed by atoms with Crippen LogP contribution in [0.4, 0.5) is 0 Å². The summed E-state index contributed by atoms with van der Waals surface area (Å²) < 4.78 is 0. The standard InChI is InChI=1S/C13H16ClNO3/c1-8-5-6-9(7-10(8)14)11(16)15(4)13(2,3)12(17)18/h5-7H,1-4H3,(H,17,18). The zero-order valence-corrected chi connectivity index (χ0v) is 11.6. The third kappa shape index (κ3) is 2.64. The van der Waals surface area contributed by atoms with Crippen molar-refractivity contribution in [2.75, 3.05) is 7.05 Å². The van der Waals surface area contributed by atoms with Crippen molar-refractivity contribution in [2.24, 2.45) is 0 Å². The molecule has 0 radical (unpaired) electrons. The summed E-state index contributed by atoms with van der Waals surface area (Å²) in [4.78, 5) is 24.5. The van der Waals surface area contributed by atoms with Crippen molar-refractivity contribution in [1.82, 2.24) is 4.90 Å². The summed E-state index contributed by atoms with van der Waals surface area (Å²) in [6.07, 6.45) is 0. The van der Waals surface area contributed by atoms with E-state index < -0.39 is 11.5 Å². The molecule has 0 bridgehead atoms. The third-order valence-corrected chi connectivity index (χ3v) is 3.49. The Morgan fingerprint density at radius 1 is 1.33 bits per heavy atom. The van der Waals surface area contributed by atoms with Crippen molar-refractivity contribution < 1.29 is 14.7 Å². The van der Waals surface area contributed by atoms with E-state index in [4.69, 9.17) is 16.7 Å². The average Bonchev–Trinajstić information content (AvgIpc) is 2.30. The highest BCUT2D eigenvalue weighted by molar-refractivity contribution is 6.31. The second-order valence-corrected chi connectivity index (χ2v) is 5.10. The fourth-order valence-corrected chi connectivity index (χ4v) is 1.50. The highest BCUT2D eigenvalue weighted by Crippen LogP contribution is 2.20. The fourth-order valence-electron chi connectivity index (χ4n) is 1.32. The van der Waals surface area contributed by atoms with E-state index in [0.717, 1.165) is 5.56 Å². The Kier molecular flexibility index (Phi) is 4.02. The minimum absolute atomic E-state index is 0.371. The normalized spacial score (nSPS) is 11.2. The zero-order valence-electron chi connectivity index (χ0n) is 10.8. The number of halogens is 1. The Morgan fingerprint density at radius 2 is 1.89 bits per heavy atom. The zero-order chi connectivity index (χ0) is 14.1. The van der Waals surface area contributed by atoms with E-state index in [0.29, 0.717) is 10.6 Å². The van der Waals surface area contributed by atoms with Gasteiger partial charge in [0.25, 0.3) is 5.91 Å². The van der Waals surface area contributed by atoms with E-state index in [2.05, 4.69) is 0 Å². The van der Waals surface area contributed by atoms with E-state index in [1.165, 1.54) is 25.8 Å². The first kappa shape index (κ1) is 14.5. The van der Waals surface area contributed by atoms with Crippen LogP contribution in [0.2, 0.25) is 5.02 Å². The predicted octanol–water partition coefficient (Wildman–Crippen LogP) is 2.58. The highest BCUT2D eigenvalue weighted by Gasteiger charge is 2.35. The van der Waals surface area contributed by atoms with Gasteiger partial charge >= 0.3 is 5.97 Å². The summed E-state index contributed by atoms with van der Waals surface area (Å²) in [7, 11) is 1.46. The molecule has 1 amide bonds. The summed E-state index contributed by atoms with van der Waals surface area (Å²) in [5.74, 6) is -1.43. The van der Waals surface area contributed by atoms with Gasteiger partial charge in [-0.25, -0.2) is 4.79 Å². The molecule has 0 saturated carbocycles. The van der Waals surface area contributed by atoms with Crippen LogP contribution in [0.15, 0.2) is 18.2 Å². The molecule has 1 aromatic rings. The smallest absolute Gasteiger partial charge is 0.329 e. The lowest BCUT2D eigenvalue weighted by Crippen LogP contribution is -2.50. The Bertz CT molecular complexity index is 497. The molecular weight excluding hydrogens is 254 g/mol. The van der Waals surface area contributed by atoms with Crippen LogP contribution in [0.25, 0.3) is 0 Å². The van der Waals surface area contributed by atoms with Gasteiger partial charge in [-0.05, 0) is 38.5 Å². The molecular formula is C13H16ClNO3. The molecule has 1 N–H and O–H groups in total. The van der Waals surface area contributed by atoms with Crippen molar-refractivity contribution in [3.8, 4) is 0 Å². The second-order valence-electron chi connectivity index (χ2n) is 4.69. The number of amides is 1. The summed E-state index contributed by atoms with van der Waals surface area (Å²) >= 11 is 5.95. The Labute approximate surface area is 111 Å². The summed E-state index contributed by atoms with van der Waals surface area (Å²) in [5, 5.41) is 9.57. The van der Waals surface area contributed by atoms with Gasteiger partial charge in [-0.15, -0.1) is 0 Å². The number of rotatable bonds is 3. The molecule has 0 heterocycles. The van der Waals surface area contributed by atoms with Gasteiger partial charge in [-0.3, -0.25) is 4.79 Å². The molecule has 98 valence electrons. The van der Waals surface area contributed by atoms with E-state index in [9.17, 15) is 9.59 Å². The van der Waals surface area contributed by atoms with Gasteiger partial charge in [0.1, 0.15) is 5.54 Å². The number of benzene rings is 1. The first-order valence-corrected chi connectivity index (χ1v) is 5.83. The fraction of sp³-hybridized carbons (Fsp3) is 0.385. The SMILES string of the molecule is Cc1ccc(C(=O)N(C)C(C)(C)C(=O)O)cc1Cl. The maximum Gasteiger partial charge on any atom is 0.329 e. The lowest BCUT2D eigenvalue weighted by Gasteiger charge is -2.31. The van der Waals surface area contributed by atoms with Crippen LogP contribution in [-0.2, 0) is 4.79 Å². The average molecular weight is 270 g/mol. The highest BCUT2D eigenvalue weighted by atomic mass is 35.5. The number of carbonyl (C=O) groups excluding carboxylic acids is 1. The molecule has 0 saturated heterocycles. The number of hydrogen-bond donors (Lipinski definition) is 1. The number of likely N-dealkylation sites (N-methyl/N-ethyl adjacent to an activating group) is 1. The van der Waals surface area contributed by atoms with Crippen molar-refractivity contribution in [1.29, 1.82) is 0 Å². The second kappa shape index (κ2) is 4.98. The molecule has 5 heteroatoms. The van der Waals surface area contributed by atoms with Gasteiger partial charge < -0.3 is 10.0 Å². The summed E-state index contributed by atoms with van der Waals surface area (Å²) in [6, 6.07) is 4.92. The van der Waals surface area contributed by atoms with Crippen LogP contribution in [-0.4, -0.2) is 34.5 Å². The van der Waals surface area contributed by atoms with Crippen molar-refractivity contribution >= 4 is 23.5 Å². The number of carboxylic acids is 1. The van der Waals surface area contributed by atoms with Crippen LogP contribution in [0, 0.1) is 6.92 Å². The summed E-state index contributed by atoms with van der Waals surface area (Å²) in [6.45, 7) is 4.79. The molecule has 0 fully saturated rings. The monoisotopic (exact) mass is 269 g/mol. The molecule has 0 atom stereocenters. The number of aryl methyl sites for hydroxylation is 1. The molecule has 0 aromatic heterocycles. The largest absolute Gasteiger partial charge is 0.480 e. The van der Waals surface area contributed by atoms with E-state index in [-0.39, 0.29) is 5.91 Å². The van der Waals surface area contributed by atoms with Gasteiger partial charge in [0, 0.05) is 17.6 Å². The Hall–Kier alpha value is -1.55. The molecule has 0 aliphatic carbocycles. The Balaban J connectivity index is 3.07. The number of hydrogen-bond acceptors (Lipinski definition) is 2. The van der Waals surface area contributed by atoms with Crippen molar-refractivity contribution in [3.63, 3.8) is 0 Å². The molecule has 0 spiro atoms. The molecule has 0 aliphatic rings. The van der Waals surface area contributed by atoms with Crippen LogP contribution in [0.5, 0.6) is 0 Å². The summed E-state index contributed by atoms with van der Waals surface area (Å²) in [5.41, 5.74) is -0.0233. The number of carbonyl (C=O) groups is 2. The van der Waals surface area contributed by atoms with Gasteiger partial charge in [0.2, 0.25) is 0 Å². The van der Waals surface area contributed by atoms with Crippen LogP contribution in [0.1, 0.15) is 29.8 Å². The van der Waals surface area contributed by atoms with Crippen molar-refractivity contribution in [2.45, 2.75) is 26.3 Å².